The maximum atomic E-state index is 2.49. The van der Waals surface area contributed by atoms with E-state index in [1.165, 1.54) is 47.2 Å². The summed E-state index contributed by atoms with van der Waals surface area (Å²) in [6.07, 6.45) is 3.75. The number of rotatable bonds is 1. The Kier molecular flexibility index (Phi) is 2.49. The molecule has 1 aliphatic heterocycles. The van der Waals surface area contributed by atoms with Crippen LogP contribution in [-0.2, 0) is 6.42 Å². The van der Waals surface area contributed by atoms with Gasteiger partial charge in [-0.15, -0.1) is 0 Å². The van der Waals surface area contributed by atoms with Gasteiger partial charge in [0.1, 0.15) is 0 Å². The Balaban J connectivity index is 1.75. The molecule has 1 nitrogen and oxygen atoms in total. The Morgan fingerprint density at radius 3 is 2.68 bits per heavy atom. The average Bonchev–Trinajstić information content (AvgIpc) is 3.01. The summed E-state index contributed by atoms with van der Waals surface area (Å²) in [5, 5.41) is 0. The van der Waals surface area contributed by atoms with Crippen LogP contribution in [-0.4, -0.2) is 18.5 Å². The molecule has 0 N–H and O–H groups in total. The first kappa shape index (κ1) is 11.2. The molecule has 1 aliphatic carbocycles. The molecule has 2 aliphatic rings. The minimum absolute atomic E-state index is 0.633. The van der Waals surface area contributed by atoms with Gasteiger partial charge < -0.3 is 0 Å². The van der Waals surface area contributed by atoms with Gasteiger partial charge in [0.25, 0.3) is 0 Å². The van der Waals surface area contributed by atoms with E-state index < -0.39 is 0 Å². The molecule has 1 saturated heterocycles. The predicted molar refractivity (Wildman–Crippen MR) is 79.3 cm³/mol. The Morgan fingerprint density at radius 1 is 1.00 bits per heavy atom. The molecule has 1 heterocycles. The zero-order valence-electron chi connectivity index (χ0n) is 11.4. The summed E-state index contributed by atoms with van der Waals surface area (Å²) in [7, 11) is 2.25. The van der Waals surface area contributed by atoms with Gasteiger partial charge in [-0.25, -0.2) is 0 Å². The van der Waals surface area contributed by atoms with E-state index in [0.717, 1.165) is 6.42 Å². The minimum atomic E-state index is 0.633. The zero-order chi connectivity index (χ0) is 12.8. The minimum Gasteiger partial charge on any atom is -0.299 e. The monoisotopic (exact) mass is 249 g/mol. The van der Waals surface area contributed by atoms with Crippen molar-refractivity contribution in [1.82, 2.24) is 4.90 Å². The van der Waals surface area contributed by atoms with E-state index in [4.69, 9.17) is 0 Å². The number of benzene rings is 2. The van der Waals surface area contributed by atoms with Crippen molar-refractivity contribution < 1.29 is 0 Å². The van der Waals surface area contributed by atoms with Crippen LogP contribution in [0.2, 0.25) is 0 Å². The van der Waals surface area contributed by atoms with Crippen molar-refractivity contribution in [3.8, 4) is 11.1 Å². The summed E-state index contributed by atoms with van der Waals surface area (Å²) < 4.78 is 0. The van der Waals surface area contributed by atoms with Gasteiger partial charge in [0.2, 0.25) is 0 Å². The average molecular weight is 249 g/mol. The molecule has 2 aromatic carbocycles. The predicted octanol–water partition coefficient (Wildman–Crippen LogP) is 4.02. The largest absolute Gasteiger partial charge is 0.299 e. The molecular weight excluding hydrogens is 230 g/mol. The lowest BCUT2D eigenvalue weighted by Gasteiger charge is -2.20. The fourth-order valence-electron chi connectivity index (χ4n) is 3.70. The lowest BCUT2D eigenvalue weighted by molar-refractivity contribution is 0.317. The SMILES string of the molecule is CN1CCCC1c1ccc2c(c1)Cc1ccccc1-2. The standard InChI is InChI=1S/C18H19N/c1-19-10-4-7-18(19)14-8-9-17-15(12-14)11-13-5-2-3-6-16(13)17/h2-3,5-6,8-9,12,18H,4,7,10-11H2,1H3. The van der Waals surface area contributed by atoms with Crippen molar-refractivity contribution in [2.75, 3.05) is 13.6 Å². The van der Waals surface area contributed by atoms with E-state index in [0.29, 0.717) is 6.04 Å². The normalized spacial score (nSPS) is 21.4. The van der Waals surface area contributed by atoms with Crippen molar-refractivity contribution in [3.05, 3.63) is 59.2 Å². The van der Waals surface area contributed by atoms with Crippen molar-refractivity contribution in [1.29, 1.82) is 0 Å². The van der Waals surface area contributed by atoms with Crippen LogP contribution in [0.5, 0.6) is 0 Å². The fourth-order valence-corrected chi connectivity index (χ4v) is 3.70. The highest BCUT2D eigenvalue weighted by atomic mass is 15.1. The van der Waals surface area contributed by atoms with Crippen LogP contribution in [0, 0.1) is 0 Å². The molecule has 0 spiro atoms. The maximum Gasteiger partial charge on any atom is 0.0345 e. The van der Waals surface area contributed by atoms with Crippen LogP contribution in [0.1, 0.15) is 35.6 Å². The van der Waals surface area contributed by atoms with E-state index in [1.54, 1.807) is 0 Å². The molecule has 0 radical (unpaired) electrons. The summed E-state index contributed by atoms with van der Waals surface area (Å²) in [5.41, 5.74) is 7.38. The second kappa shape index (κ2) is 4.21. The van der Waals surface area contributed by atoms with Crippen LogP contribution in [0.15, 0.2) is 42.5 Å². The molecule has 96 valence electrons. The maximum absolute atomic E-state index is 2.49. The molecule has 0 aromatic heterocycles. The highest BCUT2D eigenvalue weighted by Gasteiger charge is 2.25. The Hall–Kier alpha value is -1.60. The van der Waals surface area contributed by atoms with Crippen LogP contribution in [0.4, 0.5) is 0 Å². The molecule has 1 unspecified atom stereocenters. The van der Waals surface area contributed by atoms with Crippen LogP contribution in [0.25, 0.3) is 11.1 Å². The van der Waals surface area contributed by atoms with Gasteiger partial charge in [0, 0.05) is 6.04 Å². The number of nitrogens with zero attached hydrogens (tertiary/aromatic N) is 1. The molecule has 1 atom stereocenters. The summed E-state index contributed by atoms with van der Waals surface area (Å²) >= 11 is 0. The van der Waals surface area contributed by atoms with Crippen LogP contribution >= 0.6 is 0 Å². The Morgan fingerprint density at radius 2 is 1.84 bits per heavy atom. The van der Waals surface area contributed by atoms with Gasteiger partial charge in [-0.05, 0) is 60.7 Å². The summed E-state index contributed by atoms with van der Waals surface area (Å²) in [6.45, 7) is 1.24. The molecule has 0 saturated carbocycles. The number of likely N-dealkylation sites (tertiary alicyclic amines) is 1. The van der Waals surface area contributed by atoms with E-state index in [-0.39, 0.29) is 0 Å². The highest BCUT2D eigenvalue weighted by Crippen LogP contribution is 2.39. The van der Waals surface area contributed by atoms with Crippen molar-refractivity contribution >= 4 is 0 Å². The second-order valence-corrected chi connectivity index (χ2v) is 5.89. The van der Waals surface area contributed by atoms with E-state index in [1.807, 2.05) is 0 Å². The third-order valence-corrected chi connectivity index (χ3v) is 4.72. The van der Waals surface area contributed by atoms with Crippen molar-refractivity contribution in [2.45, 2.75) is 25.3 Å². The molecule has 2 aromatic rings. The number of hydrogen-bond acceptors (Lipinski definition) is 1. The topological polar surface area (TPSA) is 3.24 Å². The van der Waals surface area contributed by atoms with Crippen molar-refractivity contribution in [2.24, 2.45) is 0 Å². The first-order valence-electron chi connectivity index (χ1n) is 7.24. The summed E-state index contributed by atoms with van der Waals surface area (Å²) in [4.78, 5) is 2.49. The van der Waals surface area contributed by atoms with Gasteiger partial charge in [0.15, 0.2) is 0 Å². The van der Waals surface area contributed by atoms with Crippen molar-refractivity contribution in [3.63, 3.8) is 0 Å². The zero-order valence-corrected chi connectivity index (χ0v) is 11.4. The molecular formula is C18H19N. The summed E-state index contributed by atoms with van der Waals surface area (Å²) in [6, 6.07) is 16.6. The lowest BCUT2D eigenvalue weighted by atomic mass is 9.98. The van der Waals surface area contributed by atoms with Gasteiger partial charge >= 0.3 is 0 Å². The second-order valence-electron chi connectivity index (χ2n) is 5.89. The summed E-state index contributed by atoms with van der Waals surface area (Å²) in [5.74, 6) is 0. The van der Waals surface area contributed by atoms with Crippen LogP contribution < -0.4 is 0 Å². The van der Waals surface area contributed by atoms with E-state index in [2.05, 4.69) is 54.4 Å². The first-order chi connectivity index (χ1) is 9.33. The Bertz CT molecular complexity index is 629. The van der Waals surface area contributed by atoms with Crippen LogP contribution in [0.3, 0.4) is 0 Å². The molecule has 1 fully saturated rings. The first-order valence-corrected chi connectivity index (χ1v) is 7.24. The van der Waals surface area contributed by atoms with Gasteiger partial charge in [-0.3, -0.25) is 4.90 Å². The molecule has 4 rings (SSSR count). The third-order valence-electron chi connectivity index (χ3n) is 4.72. The van der Waals surface area contributed by atoms with Gasteiger partial charge in [0.05, 0.1) is 0 Å². The highest BCUT2D eigenvalue weighted by molar-refractivity contribution is 5.77. The lowest BCUT2D eigenvalue weighted by Crippen LogP contribution is -2.17. The van der Waals surface area contributed by atoms with Gasteiger partial charge in [-0.1, -0.05) is 42.5 Å². The van der Waals surface area contributed by atoms with Gasteiger partial charge in [-0.2, -0.15) is 0 Å². The molecule has 1 heteroatoms. The number of hydrogen-bond donors (Lipinski definition) is 0. The fraction of sp³-hybridized carbons (Fsp3) is 0.333. The third kappa shape index (κ3) is 1.73. The van der Waals surface area contributed by atoms with E-state index in [9.17, 15) is 0 Å². The Labute approximate surface area is 114 Å². The van der Waals surface area contributed by atoms with E-state index >= 15 is 0 Å². The number of fused-ring (bicyclic) bond motifs is 3. The smallest absolute Gasteiger partial charge is 0.0345 e. The molecule has 19 heavy (non-hydrogen) atoms. The molecule has 0 bridgehead atoms. The quantitative estimate of drug-likeness (QED) is 0.629. The molecule has 0 amide bonds.